The van der Waals surface area contributed by atoms with Crippen molar-refractivity contribution in [3.63, 3.8) is 0 Å². The number of hydrogen-bond donors (Lipinski definition) is 1. The average Bonchev–Trinajstić information content (AvgIpc) is 2.38. The third-order valence-corrected chi connectivity index (χ3v) is 3.72. The Kier molecular flexibility index (Phi) is 4.04. The van der Waals surface area contributed by atoms with Crippen molar-refractivity contribution in [2.45, 2.75) is 19.4 Å². The van der Waals surface area contributed by atoms with E-state index in [9.17, 15) is 14.3 Å². The lowest BCUT2D eigenvalue weighted by molar-refractivity contribution is 0.0537. The summed E-state index contributed by atoms with van der Waals surface area (Å²) >= 11 is 0. The predicted octanol–water partition coefficient (Wildman–Crippen LogP) is 1.70. The lowest BCUT2D eigenvalue weighted by Crippen LogP contribution is -2.53. The highest BCUT2D eigenvalue weighted by molar-refractivity contribution is 5.94. The van der Waals surface area contributed by atoms with Crippen molar-refractivity contribution in [2.24, 2.45) is 0 Å². The van der Waals surface area contributed by atoms with Gasteiger partial charge >= 0.3 is 0 Å². The van der Waals surface area contributed by atoms with E-state index < -0.39 is 5.82 Å². The van der Waals surface area contributed by atoms with Crippen LogP contribution in [-0.4, -0.2) is 53.5 Å². The van der Waals surface area contributed by atoms with Crippen LogP contribution in [0.5, 0.6) is 5.75 Å². The van der Waals surface area contributed by atoms with Crippen LogP contribution < -0.4 is 0 Å². The maximum absolute atomic E-state index is 13.7. The Morgan fingerprint density at radius 2 is 2.21 bits per heavy atom. The molecule has 2 rings (SSSR count). The maximum Gasteiger partial charge on any atom is 0.256 e. The topological polar surface area (TPSA) is 43.8 Å². The second kappa shape index (κ2) is 5.57. The van der Waals surface area contributed by atoms with Gasteiger partial charge in [-0.2, -0.15) is 0 Å². The van der Waals surface area contributed by atoms with Gasteiger partial charge in [-0.25, -0.2) is 4.39 Å². The third kappa shape index (κ3) is 2.87. The maximum atomic E-state index is 13.7. The van der Waals surface area contributed by atoms with Crippen molar-refractivity contribution in [3.8, 4) is 5.75 Å². The van der Waals surface area contributed by atoms with E-state index in [4.69, 9.17) is 0 Å². The molecular formula is C14H19FN2O2. The lowest BCUT2D eigenvalue weighted by Gasteiger charge is -2.39. The number of benzene rings is 1. The molecule has 1 aromatic carbocycles. The van der Waals surface area contributed by atoms with Crippen molar-refractivity contribution in [1.29, 1.82) is 0 Å². The number of halogens is 1. The van der Waals surface area contributed by atoms with Crippen molar-refractivity contribution in [1.82, 2.24) is 9.80 Å². The molecule has 1 heterocycles. The van der Waals surface area contributed by atoms with Gasteiger partial charge < -0.3 is 10.0 Å². The molecule has 5 heteroatoms. The van der Waals surface area contributed by atoms with Gasteiger partial charge in [0.15, 0.2) is 0 Å². The van der Waals surface area contributed by atoms with Gasteiger partial charge in [0.2, 0.25) is 0 Å². The van der Waals surface area contributed by atoms with Gasteiger partial charge in [-0.1, -0.05) is 6.92 Å². The monoisotopic (exact) mass is 266 g/mol. The van der Waals surface area contributed by atoms with E-state index >= 15 is 0 Å². The molecule has 0 aromatic heterocycles. The normalized spacial score (nSPS) is 20.6. The summed E-state index contributed by atoms with van der Waals surface area (Å²) in [5, 5.41) is 9.17. The van der Waals surface area contributed by atoms with Gasteiger partial charge in [0, 0.05) is 31.7 Å². The molecule has 1 N–H and O–H groups in total. The summed E-state index contributed by atoms with van der Waals surface area (Å²) in [5.41, 5.74) is 0.0252. The summed E-state index contributed by atoms with van der Waals surface area (Å²) in [5.74, 6) is -1.14. The molecule has 0 bridgehead atoms. The zero-order valence-corrected chi connectivity index (χ0v) is 11.3. The molecule has 0 aliphatic carbocycles. The second-order valence-electron chi connectivity index (χ2n) is 4.96. The van der Waals surface area contributed by atoms with Gasteiger partial charge in [-0.05, 0) is 25.6 Å². The van der Waals surface area contributed by atoms with Crippen LogP contribution >= 0.6 is 0 Å². The summed E-state index contributed by atoms with van der Waals surface area (Å²) < 4.78 is 13.7. The molecule has 4 nitrogen and oxygen atoms in total. The van der Waals surface area contributed by atoms with E-state index in [0.29, 0.717) is 19.1 Å². The summed E-state index contributed by atoms with van der Waals surface area (Å²) in [6, 6.07) is 3.97. The van der Waals surface area contributed by atoms with Gasteiger partial charge in [-0.15, -0.1) is 0 Å². The minimum atomic E-state index is -0.669. The number of aromatic hydroxyl groups is 1. The first-order valence-electron chi connectivity index (χ1n) is 6.51. The van der Waals surface area contributed by atoms with E-state index in [-0.39, 0.29) is 17.2 Å². The highest BCUT2D eigenvalue weighted by atomic mass is 19.1. The molecular weight excluding hydrogens is 247 g/mol. The molecule has 1 amide bonds. The number of carbonyl (C=O) groups excluding carboxylic acids is 1. The zero-order valence-electron chi connectivity index (χ0n) is 11.3. The van der Waals surface area contributed by atoms with Gasteiger partial charge in [-0.3, -0.25) is 9.69 Å². The summed E-state index contributed by atoms with van der Waals surface area (Å²) in [6.07, 6.45) is 0.957. The van der Waals surface area contributed by atoms with E-state index in [1.807, 2.05) is 7.05 Å². The fraction of sp³-hybridized carbons (Fsp3) is 0.500. The van der Waals surface area contributed by atoms with Crippen LogP contribution in [-0.2, 0) is 0 Å². The van der Waals surface area contributed by atoms with E-state index in [2.05, 4.69) is 11.8 Å². The van der Waals surface area contributed by atoms with Gasteiger partial charge in [0.1, 0.15) is 11.6 Å². The van der Waals surface area contributed by atoms with Crippen molar-refractivity contribution in [2.75, 3.05) is 26.7 Å². The van der Waals surface area contributed by atoms with Gasteiger partial charge in [0.25, 0.3) is 5.91 Å². The Balaban J connectivity index is 2.15. The fourth-order valence-corrected chi connectivity index (χ4v) is 2.42. The highest BCUT2D eigenvalue weighted by Gasteiger charge is 2.27. The number of likely N-dealkylation sites (N-methyl/N-ethyl adjacent to an activating group) is 1. The lowest BCUT2D eigenvalue weighted by atomic mass is 10.1. The Morgan fingerprint density at radius 1 is 1.47 bits per heavy atom. The molecule has 0 radical (unpaired) electrons. The van der Waals surface area contributed by atoms with Crippen molar-refractivity contribution in [3.05, 3.63) is 29.6 Å². The number of phenolic OH excluding ortho intramolecular Hbond substituents is 1. The summed E-state index contributed by atoms with van der Waals surface area (Å²) in [6.45, 7) is 4.10. The molecule has 1 atom stereocenters. The number of rotatable bonds is 2. The van der Waals surface area contributed by atoms with Crippen LogP contribution in [0.4, 0.5) is 4.39 Å². The van der Waals surface area contributed by atoms with E-state index in [1.54, 1.807) is 4.90 Å². The van der Waals surface area contributed by atoms with Crippen LogP contribution in [0.15, 0.2) is 18.2 Å². The largest absolute Gasteiger partial charge is 0.508 e. The molecule has 1 saturated heterocycles. The van der Waals surface area contributed by atoms with Crippen LogP contribution in [0.3, 0.4) is 0 Å². The second-order valence-corrected chi connectivity index (χ2v) is 4.96. The smallest absolute Gasteiger partial charge is 0.256 e. The molecule has 1 aliphatic rings. The minimum absolute atomic E-state index is 0.0252. The number of piperazine rings is 1. The Morgan fingerprint density at radius 3 is 2.84 bits per heavy atom. The number of phenols is 1. The number of amides is 1. The van der Waals surface area contributed by atoms with E-state index in [1.165, 1.54) is 12.1 Å². The Labute approximate surface area is 112 Å². The van der Waals surface area contributed by atoms with Crippen molar-refractivity contribution >= 4 is 5.91 Å². The molecule has 0 saturated carbocycles. The Bertz CT molecular complexity index is 479. The molecule has 0 spiro atoms. The van der Waals surface area contributed by atoms with Crippen molar-refractivity contribution < 1.29 is 14.3 Å². The van der Waals surface area contributed by atoms with Crippen LogP contribution in [0.25, 0.3) is 0 Å². The number of carbonyl (C=O) groups is 1. The van der Waals surface area contributed by atoms with E-state index in [0.717, 1.165) is 19.0 Å². The summed E-state index contributed by atoms with van der Waals surface area (Å²) in [7, 11) is 2.04. The SMILES string of the molecule is CCC1CN(C(=O)c2ccc(O)cc2F)CCN1C. The van der Waals surface area contributed by atoms with Crippen LogP contribution in [0, 0.1) is 5.82 Å². The molecule has 104 valence electrons. The minimum Gasteiger partial charge on any atom is -0.508 e. The Hall–Kier alpha value is -1.62. The van der Waals surface area contributed by atoms with Crippen LogP contribution in [0.2, 0.25) is 0 Å². The quantitative estimate of drug-likeness (QED) is 0.886. The molecule has 1 aliphatic heterocycles. The highest BCUT2D eigenvalue weighted by Crippen LogP contribution is 2.19. The fourth-order valence-electron chi connectivity index (χ4n) is 2.42. The molecule has 1 unspecified atom stereocenters. The third-order valence-electron chi connectivity index (χ3n) is 3.72. The van der Waals surface area contributed by atoms with Gasteiger partial charge in [0.05, 0.1) is 5.56 Å². The summed E-state index contributed by atoms with van der Waals surface area (Å²) in [4.78, 5) is 16.2. The predicted molar refractivity (Wildman–Crippen MR) is 70.7 cm³/mol. The molecule has 1 aromatic rings. The average molecular weight is 266 g/mol. The first-order chi connectivity index (χ1) is 9.02. The van der Waals surface area contributed by atoms with Crippen LogP contribution in [0.1, 0.15) is 23.7 Å². The molecule has 19 heavy (non-hydrogen) atoms. The number of nitrogens with zero attached hydrogens (tertiary/aromatic N) is 2. The number of hydrogen-bond acceptors (Lipinski definition) is 3. The first-order valence-corrected chi connectivity index (χ1v) is 6.51. The zero-order chi connectivity index (χ0) is 14.0. The standard InChI is InChI=1S/C14H19FN2O2/c1-3-10-9-17(7-6-16(10)2)14(19)12-5-4-11(18)8-13(12)15/h4-5,8,10,18H,3,6-7,9H2,1-2H3. The first kappa shape index (κ1) is 13.8. The molecule has 1 fully saturated rings.